The van der Waals surface area contributed by atoms with Crippen molar-refractivity contribution in [2.24, 2.45) is 0 Å². The number of nitrogens with zero attached hydrogens (tertiary/aromatic N) is 3. The fraction of sp³-hybridized carbons (Fsp3) is 0.133. The van der Waals surface area contributed by atoms with Gasteiger partial charge in [0, 0.05) is 18.7 Å². The SMILES string of the molecule is CN1C(O)c2ccc(Oc3cc(F)cc(C#N)c3)c([N+](=O)[O-])c2S1(=O)=O. The van der Waals surface area contributed by atoms with Gasteiger partial charge in [-0.2, -0.15) is 9.57 Å². The van der Waals surface area contributed by atoms with Crippen molar-refractivity contribution in [3.63, 3.8) is 0 Å². The van der Waals surface area contributed by atoms with Gasteiger partial charge in [0.2, 0.25) is 5.75 Å². The number of nitriles is 1. The van der Waals surface area contributed by atoms with Crippen molar-refractivity contribution in [1.29, 1.82) is 5.26 Å². The summed E-state index contributed by atoms with van der Waals surface area (Å²) in [6.45, 7) is 0. The van der Waals surface area contributed by atoms with Gasteiger partial charge < -0.3 is 9.84 Å². The maximum Gasteiger partial charge on any atom is 0.331 e. The fourth-order valence-electron chi connectivity index (χ4n) is 2.58. The van der Waals surface area contributed by atoms with Crippen molar-refractivity contribution in [3.05, 3.63) is 57.4 Å². The molecule has 134 valence electrons. The second-order valence-electron chi connectivity index (χ2n) is 5.37. The molecule has 0 amide bonds. The highest BCUT2D eigenvalue weighted by atomic mass is 32.2. The zero-order chi connectivity index (χ0) is 19.2. The zero-order valence-corrected chi connectivity index (χ0v) is 13.9. The molecule has 0 fully saturated rings. The number of ether oxygens (including phenoxy) is 1. The average molecular weight is 379 g/mol. The number of benzene rings is 2. The van der Waals surface area contributed by atoms with Crippen LogP contribution >= 0.6 is 0 Å². The van der Waals surface area contributed by atoms with E-state index in [1.54, 1.807) is 6.07 Å². The monoisotopic (exact) mass is 379 g/mol. The number of aliphatic hydroxyl groups is 1. The Kier molecular flexibility index (Phi) is 4.11. The van der Waals surface area contributed by atoms with Gasteiger partial charge in [0.25, 0.3) is 10.0 Å². The molecule has 1 unspecified atom stereocenters. The highest BCUT2D eigenvalue weighted by Crippen LogP contribution is 2.47. The number of nitro benzene ring substituents is 1. The molecule has 26 heavy (non-hydrogen) atoms. The van der Waals surface area contributed by atoms with Crippen LogP contribution < -0.4 is 4.74 Å². The summed E-state index contributed by atoms with van der Waals surface area (Å²) in [5.74, 6) is -1.48. The number of fused-ring (bicyclic) bond motifs is 1. The first-order valence-electron chi connectivity index (χ1n) is 7.02. The number of hydrogen-bond acceptors (Lipinski definition) is 7. The molecule has 0 saturated carbocycles. The van der Waals surface area contributed by atoms with Gasteiger partial charge in [-0.05, 0) is 24.3 Å². The number of rotatable bonds is 3. The minimum Gasteiger partial charge on any atom is -0.450 e. The maximum absolute atomic E-state index is 13.5. The number of nitro groups is 1. The second-order valence-corrected chi connectivity index (χ2v) is 7.31. The highest BCUT2D eigenvalue weighted by Gasteiger charge is 2.46. The molecule has 11 heteroatoms. The molecular formula is C15H10FN3O6S. The molecule has 1 heterocycles. The molecule has 2 aromatic rings. The molecule has 0 bridgehead atoms. The highest BCUT2D eigenvalue weighted by molar-refractivity contribution is 7.89. The van der Waals surface area contributed by atoms with Crippen LogP contribution in [0, 0.1) is 27.3 Å². The van der Waals surface area contributed by atoms with Gasteiger partial charge in [0.05, 0.1) is 16.6 Å². The molecular weight excluding hydrogens is 369 g/mol. The number of hydrogen-bond donors (Lipinski definition) is 1. The van der Waals surface area contributed by atoms with Crippen LogP contribution in [-0.4, -0.2) is 29.8 Å². The molecule has 9 nitrogen and oxygen atoms in total. The minimum absolute atomic E-state index is 0.0772. The predicted octanol–water partition coefficient (Wildman–Crippen LogP) is 2.02. The normalized spacial score (nSPS) is 18.2. The van der Waals surface area contributed by atoms with E-state index in [1.807, 2.05) is 0 Å². The van der Waals surface area contributed by atoms with Crippen molar-refractivity contribution < 1.29 is 27.6 Å². The Labute approximate surface area is 146 Å². The molecule has 0 radical (unpaired) electrons. The smallest absolute Gasteiger partial charge is 0.331 e. The van der Waals surface area contributed by atoms with E-state index >= 15 is 0 Å². The largest absolute Gasteiger partial charge is 0.450 e. The first-order chi connectivity index (χ1) is 12.2. The number of sulfonamides is 1. The summed E-state index contributed by atoms with van der Waals surface area (Å²) in [4.78, 5) is 9.85. The van der Waals surface area contributed by atoms with E-state index < -0.39 is 43.3 Å². The Morgan fingerprint density at radius 3 is 2.69 bits per heavy atom. The molecule has 0 saturated heterocycles. The van der Waals surface area contributed by atoms with Crippen LogP contribution in [0.5, 0.6) is 11.5 Å². The predicted molar refractivity (Wildman–Crippen MR) is 84.2 cm³/mol. The molecule has 2 aromatic carbocycles. The molecule has 1 aliphatic rings. The quantitative estimate of drug-likeness (QED) is 0.637. The molecule has 0 spiro atoms. The van der Waals surface area contributed by atoms with Crippen LogP contribution in [-0.2, 0) is 10.0 Å². The summed E-state index contributed by atoms with van der Waals surface area (Å²) < 4.78 is 44.2. The van der Waals surface area contributed by atoms with Gasteiger partial charge in [-0.3, -0.25) is 10.1 Å². The number of aliphatic hydroxyl groups excluding tert-OH is 1. The Morgan fingerprint density at radius 1 is 1.38 bits per heavy atom. The van der Waals surface area contributed by atoms with Crippen LogP contribution in [0.4, 0.5) is 10.1 Å². The first kappa shape index (κ1) is 17.7. The third-order valence-corrected chi connectivity index (χ3v) is 5.70. The van der Waals surface area contributed by atoms with Gasteiger partial charge in [-0.1, -0.05) is 0 Å². The Morgan fingerprint density at radius 2 is 2.08 bits per heavy atom. The van der Waals surface area contributed by atoms with Gasteiger partial charge in [-0.15, -0.1) is 0 Å². The summed E-state index contributed by atoms with van der Waals surface area (Å²) in [7, 11) is -3.23. The second kappa shape index (κ2) is 6.03. The minimum atomic E-state index is -4.31. The molecule has 1 atom stereocenters. The van der Waals surface area contributed by atoms with Crippen molar-refractivity contribution in [1.82, 2.24) is 4.31 Å². The van der Waals surface area contributed by atoms with E-state index in [9.17, 15) is 28.0 Å². The van der Waals surface area contributed by atoms with E-state index in [1.165, 1.54) is 6.07 Å². The van der Waals surface area contributed by atoms with E-state index in [-0.39, 0.29) is 16.9 Å². The van der Waals surface area contributed by atoms with E-state index in [2.05, 4.69) is 0 Å². The maximum atomic E-state index is 13.5. The molecule has 3 rings (SSSR count). The summed E-state index contributed by atoms with van der Waals surface area (Å²) in [5.41, 5.74) is -1.12. The van der Waals surface area contributed by atoms with Crippen LogP contribution in [0.15, 0.2) is 35.2 Å². The van der Waals surface area contributed by atoms with Crippen LogP contribution in [0.3, 0.4) is 0 Å². The number of halogens is 1. The first-order valence-corrected chi connectivity index (χ1v) is 8.46. The Bertz CT molecular complexity index is 1080. The molecule has 1 N–H and O–H groups in total. The Hall–Kier alpha value is -3.07. The summed E-state index contributed by atoms with van der Waals surface area (Å²) in [5, 5.41) is 30.3. The zero-order valence-electron chi connectivity index (χ0n) is 13.1. The fourth-order valence-corrected chi connectivity index (χ4v) is 4.14. The van der Waals surface area contributed by atoms with Crippen molar-refractivity contribution in [2.45, 2.75) is 11.1 Å². The lowest BCUT2D eigenvalue weighted by Gasteiger charge is -2.11. The van der Waals surface area contributed by atoms with Crippen LogP contribution in [0.25, 0.3) is 0 Å². The van der Waals surface area contributed by atoms with E-state index in [0.29, 0.717) is 4.31 Å². The average Bonchev–Trinajstić information content (AvgIpc) is 2.75. The van der Waals surface area contributed by atoms with E-state index in [4.69, 9.17) is 10.00 Å². The van der Waals surface area contributed by atoms with Crippen molar-refractivity contribution >= 4 is 15.7 Å². The topological polar surface area (TPSA) is 134 Å². The van der Waals surface area contributed by atoms with Crippen LogP contribution in [0.2, 0.25) is 0 Å². The lowest BCUT2D eigenvalue weighted by molar-refractivity contribution is -0.388. The Balaban J connectivity index is 2.20. The third-order valence-electron chi connectivity index (χ3n) is 3.80. The summed E-state index contributed by atoms with van der Waals surface area (Å²) in [6.07, 6.45) is -1.57. The molecule has 0 aromatic heterocycles. The summed E-state index contributed by atoms with van der Waals surface area (Å²) >= 11 is 0. The lowest BCUT2D eigenvalue weighted by Crippen LogP contribution is -2.23. The van der Waals surface area contributed by atoms with Gasteiger partial charge >= 0.3 is 5.69 Å². The van der Waals surface area contributed by atoms with Gasteiger partial charge in [0.15, 0.2) is 4.90 Å². The molecule has 1 aliphatic heterocycles. The van der Waals surface area contributed by atoms with Crippen LogP contribution in [0.1, 0.15) is 17.4 Å². The lowest BCUT2D eigenvalue weighted by atomic mass is 10.1. The van der Waals surface area contributed by atoms with Gasteiger partial charge in [-0.25, -0.2) is 12.8 Å². The van der Waals surface area contributed by atoms with Crippen molar-refractivity contribution in [3.8, 4) is 17.6 Å². The standard InChI is InChI=1S/C15H10FN3O6S/c1-18-15(20)11-2-3-12(13(19(21)22)14(11)26(18,23)24)25-10-5-8(7-17)4-9(16)6-10/h2-6,15,20H,1H3. The van der Waals surface area contributed by atoms with E-state index in [0.717, 1.165) is 31.3 Å². The summed E-state index contributed by atoms with van der Waals surface area (Å²) in [6, 6.07) is 6.97. The van der Waals surface area contributed by atoms with Gasteiger partial charge in [0.1, 0.15) is 17.8 Å². The van der Waals surface area contributed by atoms with Crippen molar-refractivity contribution in [2.75, 3.05) is 7.05 Å². The molecule has 0 aliphatic carbocycles. The third kappa shape index (κ3) is 2.66.